The summed E-state index contributed by atoms with van der Waals surface area (Å²) in [5, 5.41) is 6.06. The normalized spacial score (nSPS) is 28.8. The number of carbonyl (C=O) groups is 2. The van der Waals surface area contributed by atoms with Gasteiger partial charge in [-0.25, -0.2) is 4.79 Å². The summed E-state index contributed by atoms with van der Waals surface area (Å²) in [6.45, 7) is 1.38. The summed E-state index contributed by atoms with van der Waals surface area (Å²) < 4.78 is 0. The minimum absolute atomic E-state index is 0.0483. The van der Waals surface area contributed by atoms with E-state index in [-0.39, 0.29) is 11.9 Å². The molecule has 0 bridgehead atoms. The number of nitrogens with one attached hydrogen (secondary N) is 2. The highest BCUT2D eigenvalue weighted by Gasteiger charge is 2.39. The zero-order valence-corrected chi connectivity index (χ0v) is 14.0. The standard InChI is InChI=1S/C19H25N3O2/c23-18(21-17-9-6-14-2-1-3-16(14)17)12-13-4-7-15(8-5-13)22-11-10-20-19(22)24/h4-5,7-8,14,16-17H,1-3,6,9-12H2,(H,20,24)(H,21,23)/t14-,16-,17-/m1/s1. The molecular weight excluding hydrogens is 302 g/mol. The SMILES string of the molecule is O=C(Cc1ccc(N2CCNC2=O)cc1)N[C@@H]1CC[C@H]2CCC[C@H]21. The van der Waals surface area contributed by atoms with Crippen LogP contribution in [0.3, 0.4) is 0 Å². The molecule has 1 aromatic rings. The molecule has 2 saturated carbocycles. The Balaban J connectivity index is 1.33. The smallest absolute Gasteiger partial charge is 0.321 e. The maximum atomic E-state index is 12.4. The first-order valence-corrected chi connectivity index (χ1v) is 9.14. The highest BCUT2D eigenvalue weighted by molar-refractivity contribution is 5.94. The predicted molar refractivity (Wildman–Crippen MR) is 92.9 cm³/mol. The zero-order valence-electron chi connectivity index (χ0n) is 14.0. The van der Waals surface area contributed by atoms with Crippen molar-refractivity contribution in [3.63, 3.8) is 0 Å². The van der Waals surface area contributed by atoms with Gasteiger partial charge in [-0.15, -0.1) is 0 Å². The van der Waals surface area contributed by atoms with Crippen LogP contribution in [0.4, 0.5) is 10.5 Å². The molecule has 2 aliphatic carbocycles. The van der Waals surface area contributed by atoms with Gasteiger partial charge in [0.1, 0.15) is 0 Å². The highest BCUT2D eigenvalue weighted by Crippen LogP contribution is 2.43. The minimum Gasteiger partial charge on any atom is -0.353 e. The van der Waals surface area contributed by atoms with E-state index in [1.54, 1.807) is 4.90 Å². The van der Waals surface area contributed by atoms with Gasteiger partial charge in [0.15, 0.2) is 0 Å². The number of urea groups is 1. The first-order valence-electron chi connectivity index (χ1n) is 9.14. The van der Waals surface area contributed by atoms with Crippen LogP contribution in [0.1, 0.15) is 37.7 Å². The van der Waals surface area contributed by atoms with Gasteiger partial charge in [0.2, 0.25) is 5.91 Å². The van der Waals surface area contributed by atoms with Crippen LogP contribution in [0, 0.1) is 11.8 Å². The van der Waals surface area contributed by atoms with E-state index in [0.717, 1.165) is 23.6 Å². The third kappa shape index (κ3) is 2.99. The maximum Gasteiger partial charge on any atom is 0.321 e. The molecule has 24 heavy (non-hydrogen) atoms. The first kappa shape index (κ1) is 15.5. The van der Waals surface area contributed by atoms with Crippen molar-refractivity contribution >= 4 is 17.6 Å². The fraction of sp³-hybridized carbons (Fsp3) is 0.579. The monoisotopic (exact) mass is 327 g/mol. The van der Waals surface area contributed by atoms with Gasteiger partial charge in [0, 0.05) is 24.8 Å². The third-order valence-corrected chi connectivity index (χ3v) is 5.90. The van der Waals surface area contributed by atoms with Crippen molar-refractivity contribution < 1.29 is 9.59 Å². The Labute approximate surface area is 142 Å². The fourth-order valence-electron chi connectivity index (χ4n) is 4.70. The topological polar surface area (TPSA) is 61.4 Å². The van der Waals surface area contributed by atoms with E-state index in [2.05, 4.69) is 10.6 Å². The molecule has 5 heteroatoms. The van der Waals surface area contributed by atoms with Crippen LogP contribution < -0.4 is 15.5 Å². The molecular formula is C19H25N3O2. The Morgan fingerprint density at radius 3 is 2.75 bits per heavy atom. The number of hydrogen-bond donors (Lipinski definition) is 2. The lowest BCUT2D eigenvalue weighted by Gasteiger charge is -2.20. The highest BCUT2D eigenvalue weighted by atomic mass is 16.2. The summed E-state index contributed by atoms with van der Waals surface area (Å²) in [6, 6.07) is 8.10. The number of hydrogen-bond acceptors (Lipinski definition) is 2. The van der Waals surface area contributed by atoms with Crippen LogP contribution in [0.5, 0.6) is 0 Å². The molecule has 2 N–H and O–H groups in total. The quantitative estimate of drug-likeness (QED) is 0.892. The molecule has 1 aliphatic heterocycles. The molecule has 3 amide bonds. The lowest BCUT2D eigenvalue weighted by Crippen LogP contribution is -2.38. The van der Waals surface area contributed by atoms with E-state index in [0.29, 0.717) is 31.5 Å². The number of fused-ring (bicyclic) bond motifs is 1. The van der Waals surface area contributed by atoms with E-state index < -0.39 is 0 Å². The summed E-state index contributed by atoms with van der Waals surface area (Å²) in [4.78, 5) is 25.8. The largest absolute Gasteiger partial charge is 0.353 e. The molecule has 1 saturated heterocycles. The van der Waals surface area contributed by atoms with Gasteiger partial charge in [-0.05, 0) is 48.8 Å². The van der Waals surface area contributed by atoms with Crippen molar-refractivity contribution in [2.75, 3.05) is 18.0 Å². The summed E-state index contributed by atoms with van der Waals surface area (Å²) in [6.07, 6.45) is 6.80. The van der Waals surface area contributed by atoms with Crippen LogP contribution in [-0.4, -0.2) is 31.1 Å². The van der Waals surface area contributed by atoms with E-state index >= 15 is 0 Å². The number of nitrogens with zero attached hydrogens (tertiary/aromatic N) is 1. The molecule has 3 aliphatic rings. The van der Waals surface area contributed by atoms with Crippen molar-refractivity contribution in [2.45, 2.75) is 44.6 Å². The van der Waals surface area contributed by atoms with E-state index in [4.69, 9.17) is 0 Å². The average Bonchev–Trinajstić information content (AvgIpc) is 3.27. The van der Waals surface area contributed by atoms with Crippen molar-refractivity contribution in [2.24, 2.45) is 11.8 Å². The van der Waals surface area contributed by atoms with Gasteiger partial charge in [0.05, 0.1) is 6.42 Å². The third-order valence-electron chi connectivity index (χ3n) is 5.90. The molecule has 1 heterocycles. The molecule has 0 radical (unpaired) electrons. The molecule has 3 fully saturated rings. The van der Waals surface area contributed by atoms with Crippen LogP contribution >= 0.6 is 0 Å². The Hall–Kier alpha value is -2.04. The molecule has 0 spiro atoms. The molecule has 128 valence electrons. The Morgan fingerprint density at radius 1 is 1.17 bits per heavy atom. The van der Waals surface area contributed by atoms with Gasteiger partial charge >= 0.3 is 6.03 Å². The van der Waals surface area contributed by atoms with Gasteiger partial charge < -0.3 is 10.6 Å². The Kier molecular flexibility index (Phi) is 4.17. The molecule has 0 aromatic heterocycles. The Bertz CT molecular complexity index is 628. The molecule has 5 nitrogen and oxygen atoms in total. The fourth-order valence-corrected chi connectivity index (χ4v) is 4.70. The van der Waals surface area contributed by atoms with Crippen LogP contribution in [0.25, 0.3) is 0 Å². The molecule has 4 rings (SSSR count). The van der Waals surface area contributed by atoms with Crippen molar-refractivity contribution in [1.82, 2.24) is 10.6 Å². The van der Waals surface area contributed by atoms with Crippen LogP contribution in [0.15, 0.2) is 24.3 Å². The summed E-state index contributed by atoms with van der Waals surface area (Å²) >= 11 is 0. The predicted octanol–water partition coefficient (Wildman–Crippen LogP) is 2.45. The summed E-state index contributed by atoms with van der Waals surface area (Å²) in [7, 11) is 0. The molecule has 0 unspecified atom stereocenters. The second kappa shape index (κ2) is 6.46. The minimum atomic E-state index is -0.0483. The van der Waals surface area contributed by atoms with E-state index in [1.807, 2.05) is 24.3 Å². The first-order chi connectivity index (χ1) is 11.7. The summed E-state index contributed by atoms with van der Waals surface area (Å²) in [5.41, 5.74) is 1.88. The van der Waals surface area contributed by atoms with Crippen LogP contribution in [0.2, 0.25) is 0 Å². The van der Waals surface area contributed by atoms with E-state index in [9.17, 15) is 9.59 Å². The van der Waals surface area contributed by atoms with Crippen molar-refractivity contribution in [3.8, 4) is 0 Å². The number of rotatable bonds is 4. The average molecular weight is 327 g/mol. The van der Waals surface area contributed by atoms with Crippen molar-refractivity contribution in [3.05, 3.63) is 29.8 Å². The molecule has 1 aromatic carbocycles. The van der Waals surface area contributed by atoms with E-state index in [1.165, 1.54) is 25.7 Å². The lowest BCUT2D eigenvalue weighted by molar-refractivity contribution is -0.121. The second-order valence-corrected chi connectivity index (χ2v) is 7.33. The second-order valence-electron chi connectivity index (χ2n) is 7.33. The number of carbonyl (C=O) groups excluding carboxylic acids is 2. The van der Waals surface area contributed by atoms with Gasteiger partial charge in [0.25, 0.3) is 0 Å². The Morgan fingerprint density at radius 2 is 2.00 bits per heavy atom. The lowest BCUT2D eigenvalue weighted by atomic mass is 9.97. The van der Waals surface area contributed by atoms with Gasteiger partial charge in [-0.2, -0.15) is 0 Å². The van der Waals surface area contributed by atoms with Crippen molar-refractivity contribution in [1.29, 1.82) is 0 Å². The van der Waals surface area contributed by atoms with Gasteiger partial charge in [-0.1, -0.05) is 25.0 Å². The number of anilines is 1. The van der Waals surface area contributed by atoms with Crippen LogP contribution in [-0.2, 0) is 11.2 Å². The number of benzene rings is 1. The zero-order chi connectivity index (χ0) is 16.5. The molecule has 3 atom stereocenters. The summed E-state index contributed by atoms with van der Waals surface area (Å²) in [5.74, 6) is 1.69. The maximum absolute atomic E-state index is 12.4. The number of amides is 3. The van der Waals surface area contributed by atoms with Gasteiger partial charge in [-0.3, -0.25) is 9.69 Å².